The summed E-state index contributed by atoms with van der Waals surface area (Å²) in [4.78, 5) is 4.31. The fourth-order valence-electron chi connectivity index (χ4n) is 4.27. The van der Waals surface area contributed by atoms with Crippen molar-refractivity contribution in [3.8, 4) is 17.2 Å². The molecular weight excluding hydrogens is 378 g/mol. The molecule has 0 bridgehead atoms. The van der Waals surface area contributed by atoms with Crippen LogP contribution in [0.2, 0.25) is 0 Å². The summed E-state index contributed by atoms with van der Waals surface area (Å²) in [6.07, 6.45) is 4.38. The third kappa shape index (κ3) is 2.79. The Hall–Kier alpha value is -3.54. The van der Waals surface area contributed by atoms with Gasteiger partial charge < -0.3 is 14.2 Å². The summed E-state index contributed by atoms with van der Waals surface area (Å²) >= 11 is 0. The monoisotopic (exact) mass is 401 g/mol. The maximum absolute atomic E-state index is 6.52. The molecular formula is C24H23N3O3. The van der Waals surface area contributed by atoms with Gasteiger partial charge in [0, 0.05) is 42.4 Å². The number of aromatic nitrogens is 1. The van der Waals surface area contributed by atoms with Crippen LogP contribution in [0.1, 0.15) is 36.1 Å². The summed E-state index contributed by atoms with van der Waals surface area (Å²) in [5, 5.41) is 7.11. The summed E-state index contributed by atoms with van der Waals surface area (Å²) in [7, 11) is 3.28. The number of ether oxygens (including phenoxy) is 3. The topological polar surface area (TPSA) is 56.2 Å². The van der Waals surface area contributed by atoms with Crippen molar-refractivity contribution in [2.24, 2.45) is 5.10 Å². The summed E-state index contributed by atoms with van der Waals surface area (Å²) < 4.78 is 17.4. The third-order valence-electron chi connectivity index (χ3n) is 5.85. The van der Waals surface area contributed by atoms with Gasteiger partial charge in [-0.25, -0.2) is 5.01 Å². The molecule has 30 heavy (non-hydrogen) atoms. The molecule has 2 aromatic carbocycles. The quantitative estimate of drug-likeness (QED) is 0.644. The van der Waals surface area contributed by atoms with Crippen LogP contribution in [0.4, 0.5) is 0 Å². The van der Waals surface area contributed by atoms with E-state index >= 15 is 0 Å². The molecule has 0 aliphatic carbocycles. The first-order chi connectivity index (χ1) is 14.6. The molecule has 6 heteroatoms. The van der Waals surface area contributed by atoms with E-state index in [0.717, 1.165) is 34.6 Å². The van der Waals surface area contributed by atoms with Gasteiger partial charge in [-0.15, -0.1) is 0 Å². The van der Waals surface area contributed by atoms with E-state index in [4.69, 9.17) is 19.3 Å². The van der Waals surface area contributed by atoms with Crippen molar-refractivity contribution < 1.29 is 14.2 Å². The van der Waals surface area contributed by atoms with Gasteiger partial charge in [0.25, 0.3) is 0 Å². The van der Waals surface area contributed by atoms with Gasteiger partial charge in [-0.05, 0) is 36.4 Å². The predicted molar refractivity (Wildman–Crippen MR) is 114 cm³/mol. The van der Waals surface area contributed by atoms with Gasteiger partial charge in [-0.1, -0.05) is 18.2 Å². The van der Waals surface area contributed by atoms with E-state index < -0.39 is 5.72 Å². The number of methoxy groups -OCH3 is 2. The number of hydrogen-bond donors (Lipinski definition) is 0. The van der Waals surface area contributed by atoms with E-state index in [1.807, 2.05) is 61.7 Å². The smallest absolute Gasteiger partial charge is 0.222 e. The average Bonchev–Trinajstić information content (AvgIpc) is 3.26. The second-order valence-electron chi connectivity index (χ2n) is 7.55. The number of fused-ring (bicyclic) bond motifs is 3. The zero-order chi connectivity index (χ0) is 20.7. The fourth-order valence-corrected chi connectivity index (χ4v) is 4.27. The van der Waals surface area contributed by atoms with Crippen LogP contribution in [-0.4, -0.2) is 29.9 Å². The second kappa shape index (κ2) is 7.06. The maximum atomic E-state index is 6.52. The molecule has 1 aromatic heterocycles. The van der Waals surface area contributed by atoms with Crippen LogP contribution in [0.3, 0.4) is 0 Å². The molecule has 152 valence electrons. The number of rotatable bonds is 4. The van der Waals surface area contributed by atoms with Crippen molar-refractivity contribution in [1.29, 1.82) is 0 Å². The molecule has 0 spiro atoms. The molecule has 6 nitrogen and oxygen atoms in total. The molecule has 0 saturated heterocycles. The number of pyridine rings is 1. The Bertz CT molecular complexity index is 1120. The van der Waals surface area contributed by atoms with Gasteiger partial charge in [-0.2, -0.15) is 5.10 Å². The lowest BCUT2D eigenvalue weighted by Crippen LogP contribution is -2.48. The lowest BCUT2D eigenvalue weighted by molar-refractivity contribution is -0.112. The van der Waals surface area contributed by atoms with Gasteiger partial charge in [0.1, 0.15) is 5.75 Å². The third-order valence-corrected chi connectivity index (χ3v) is 5.85. The highest BCUT2D eigenvalue weighted by Gasteiger charge is 2.48. The number of hydrogen-bond acceptors (Lipinski definition) is 6. The Balaban J connectivity index is 1.62. The van der Waals surface area contributed by atoms with Gasteiger partial charge in [0.2, 0.25) is 5.72 Å². The summed E-state index contributed by atoms with van der Waals surface area (Å²) in [5.41, 5.74) is 3.33. The minimum absolute atomic E-state index is 0.0725. The van der Waals surface area contributed by atoms with Crippen molar-refractivity contribution in [2.45, 2.75) is 25.1 Å². The summed E-state index contributed by atoms with van der Waals surface area (Å²) in [6, 6.07) is 18.1. The number of hydrazone groups is 1. The normalized spacial score (nSPS) is 21.9. The van der Waals surface area contributed by atoms with E-state index in [-0.39, 0.29) is 6.04 Å². The molecule has 0 amide bonds. The zero-order valence-electron chi connectivity index (χ0n) is 17.2. The highest BCUT2D eigenvalue weighted by Crippen LogP contribution is 2.50. The van der Waals surface area contributed by atoms with Crippen LogP contribution in [0, 0.1) is 0 Å². The van der Waals surface area contributed by atoms with Crippen molar-refractivity contribution >= 4 is 5.71 Å². The highest BCUT2D eigenvalue weighted by atomic mass is 16.5. The fraction of sp³-hybridized carbons (Fsp3) is 0.250. The van der Waals surface area contributed by atoms with Gasteiger partial charge in [-0.3, -0.25) is 4.98 Å². The van der Waals surface area contributed by atoms with Crippen LogP contribution in [0.15, 0.2) is 72.1 Å². The largest absolute Gasteiger partial charge is 0.493 e. The first-order valence-electron chi connectivity index (χ1n) is 9.91. The van der Waals surface area contributed by atoms with Crippen LogP contribution < -0.4 is 14.2 Å². The first-order valence-corrected chi connectivity index (χ1v) is 9.91. The molecule has 3 heterocycles. The molecule has 2 unspecified atom stereocenters. The lowest BCUT2D eigenvalue weighted by atomic mass is 9.93. The van der Waals surface area contributed by atoms with E-state index in [0.29, 0.717) is 11.5 Å². The zero-order valence-corrected chi connectivity index (χ0v) is 17.2. The van der Waals surface area contributed by atoms with Crippen molar-refractivity contribution in [3.05, 3.63) is 83.7 Å². The van der Waals surface area contributed by atoms with Gasteiger partial charge in [0.05, 0.1) is 26.0 Å². The Morgan fingerprint density at radius 3 is 2.63 bits per heavy atom. The standard InChI is InChI=1S/C24H23N3O3/c1-24(17-7-6-12-25-15-17)27-20(18-8-4-5-9-21(18)30-24)14-19(26-27)16-10-11-22(28-2)23(13-16)29-3/h4-13,15,20H,14H2,1-3H3. The molecule has 2 aliphatic heterocycles. The van der Waals surface area contributed by atoms with Crippen molar-refractivity contribution in [3.63, 3.8) is 0 Å². The Morgan fingerprint density at radius 1 is 1.03 bits per heavy atom. The van der Waals surface area contributed by atoms with Crippen LogP contribution in [0.25, 0.3) is 0 Å². The molecule has 3 aromatic rings. The Kier molecular flexibility index (Phi) is 4.35. The number of benzene rings is 2. The summed E-state index contributed by atoms with van der Waals surface area (Å²) in [5.74, 6) is 2.27. The highest BCUT2D eigenvalue weighted by molar-refractivity contribution is 6.02. The number of nitrogens with zero attached hydrogens (tertiary/aromatic N) is 3. The van der Waals surface area contributed by atoms with Gasteiger partial charge in [0.15, 0.2) is 11.5 Å². The molecule has 2 aliphatic rings. The Labute approximate surface area is 175 Å². The van der Waals surface area contributed by atoms with Crippen molar-refractivity contribution in [2.75, 3.05) is 14.2 Å². The van der Waals surface area contributed by atoms with Crippen LogP contribution in [0.5, 0.6) is 17.2 Å². The summed E-state index contributed by atoms with van der Waals surface area (Å²) in [6.45, 7) is 2.05. The van der Waals surface area contributed by atoms with E-state index in [2.05, 4.69) is 16.1 Å². The molecule has 5 rings (SSSR count). The lowest BCUT2D eigenvalue weighted by Gasteiger charge is -2.45. The van der Waals surface area contributed by atoms with Crippen molar-refractivity contribution in [1.82, 2.24) is 9.99 Å². The molecule has 0 N–H and O–H groups in total. The minimum atomic E-state index is -0.758. The SMILES string of the molecule is COc1ccc(C2=NN3C(C2)c2ccccc2OC3(C)c2cccnc2)cc1OC. The molecule has 0 fully saturated rings. The predicted octanol–water partition coefficient (Wildman–Crippen LogP) is 4.52. The number of para-hydroxylation sites is 1. The average molecular weight is 401 g/mol. The maximum Gasteiger partial charge on any atom is 0.222 e. The van der Waals surface area contributed by atoms with Crippen LogP contribution in [-0.2, 0) is 5.72 Å². The van der Waals surface area contributed by atoms with Gasteiger partial charge >= 0.3 is 0 Å². The van der Waals surface area contributed by atoms with E-state index in [9.17, 15) is 0 Å². The molecule has 0 radical (unpaired) electrons. The Morgan fingerprint density at radius 2 is 1.87 bits per heavy atom. The molecule has 0 saturated carbocycles. The van der Waals surface area contributed by atoms with E-state index in [1.165, 1.54) is 0 Å². The van der Waals surface area contributed by atoms with E-state index in [1.54, 1.807) is 20.4 Å². The molecule has 2 atom stereocenters. The first kappa shape index (κ1) is 18.5. The minimum Gasteiger partial charge on any atom is -0.493 e. The second-order valence-corrected chi connectivity index (χ2v) is 7.55. The van der Waals surface area contributed by atoms with Crippen LogP contribution >= 0.6 is 0 Å².